The first-order valence-corrected chi connectivity index (χ1v) is 8.70. The van der Waals surface area contributed by atoms with Crippen molar-refractivity contribution in [3.63, 3.8) is 0 Å². The molecule has 1 atom stereocenters. The Morgan fingerprint density at radius 1 is 1.21 bits per heavy atom. The van der Waals surface area contributed by atoms with Crippen LogP contribution in [-0.2, 0) is 13.0 Å². The molecule has 0 spiro atoms. The van der Waals surface area contributed by atoms with Gasteiger partial charge in [0.2, 0.25) is 0 Å². The molecule has 0 radical (unpaired) electrons. The molecule has 3 rings (SSSR count). The van der Waals surface area contributed by atoms with Gasteiger partial charge in [0.1, 0.15) is 5.82 Å². The minimum absolute atomic E-state index is 0.774. The first kappa shape index (κ1) is 13.4. The molecule has 0 saturated carbocycles. The Kier molecular flexibility index (Phi) is 4.77. The molecule has 4 nitrogen and oxygen atoms in total. The minimum atomic E-state index is 0.774. The van der Waals surface area contributed by atoms with Crippen molar-refractivity contribution in [3.8, 4) is 0 Å². The van der Waals surface area contributed by atoms with E-state index in [9.17, 15) is 0 Å². The van der Waals surface area contributed by atoms with Gasteiger partial charge >= 0.3 is 0 Å². The molecule has 1 fully saturated rings. The van der Waals surface area contributed by atoms with Crippen molar-refractivity contribution >= 4 is 11.8 Å². The summed E-state index contributed by atoms with van der Waals surface area (Å²) in [5.74, 6) is 2.38. The molecule has 19 heavy (non-hydrogen) atoms. The number of fused-ring (bicyclic) bond motifs is 1. The summed E-state index contributed by atoms with van der Waals surface area (Å²) in [5.41, 5.74) is 0. The number of aryl methyl sites for hydroxylation is 1. The molecule has 1 aromatic rings. The van der Waals surface area contributed by atoms with E-state index in [1.165, 1.54) is 63.1 Å². The van der Waals surface area contributed by atoms with Gasteiger partial charge in [0.05, 0.1) is 0 Å². The summed E-state index contributed by atoms with van der Waals surface area (Å²) >= 11 is 1.90. The van der Waals surface area contributed by atoms with Crippen LogP contribution in [0.2, 0.25) is 0 Å². The smallest absolute Gasteiger partial charge is 0.191 e. The summed E-state index contributed by atoms with van der Waals surface area (Å²) in [6.07, 6.45) is 10.3. The lowest BCUT2D eigenvalue weighted by atomic mass is 10.1. The zero-order valence-corrected chi connectivity index (χ0v) is 12.4. The van der Waals surface area contributed by atoms with Crippen molar-refractivity contribution in [1.82, 2.24) is 20.1 Å². The lowest BCUT2D eigenvalue weighted by molar-refractivity contribution is 0.552. The van der Waals surface area contributed by atoms with Crippen LogP contribution in [0.1, 0.15) is 50.8 Å². The minimum Gasteiger partial charge on any atom is -0.314 e. The van der Waals surface area contributed by atoms with Gasteiger partial charge in [-0.15, -0.1) is 10.2 Å². The molecule has 3 heterocycles. The predicted octanol–water partition coefficient (Wildman–Crippen LogP) is 2.63. The Balaban J connectivity index is 1.45. The van der Waals surface area contributed by atoms with Crippen molar-refractivity contribution in [2.75, 3.05) is 12.3 Å². The van der Waals surface area contributed by atoms with Crippen molar-refractivity contribution in [1.29, 1.82) is 0 Å². The summed E-state index contributed by atoms with van der Waals surface area (Å²) in [5, 5.41) is 13.4. The van der Waals surface area contributed by atoms with E-state index >= 15 is 0 Å². The van der Waals surface area contributed by atoms with Crippen LogP contribution in [0.4, 0.5) is 0 Å². The second-order valence-electron chi connectivity index (χ2n) is 5.65. The van der Waals surface area contributed by atoms with Crippen molar-refractivity contribution in [2.24, 2.45) is 0 Å². The van der Waals surface area contributed by atoms with Gasteiger partial charge in [-0.1, -0.05) is 18.2 Å². The van der Waals surface area contributed by atoms with E-state index in [0.29, 0.717) is 0 Å². The highest BCUT2D eigenvalue weighted by molar-refractivity contribution is 7.99. The quantitative estimate of drug-likeness (QED) is 0.665. The molecule has 106 valence electrons. The van der Waals surface area contributed by atoms with Gasteiger partial charge in [0.15, 0.2) is 5.16 Å². The lowest BCUT2D eigenvalue weighted by Crippen LogP contribution is -2.21. The summed E-state index contributed by atoms with van der Waals surface area (Å²) in [4.78, 5) is 0. The van der Waals surface area contributed by atoms with Crippen LogP contribution >= 0.6 is 11.8 Å². The number of nitrogens with one attached hydrogen (secondary N) is 1. The molecule has 1 unspecified atom stereocenters. The normalized spacial score (nSPS) is 23.3. The zero-order valence-electron chi connectivity index (χ0n) is 11.6. The molecule has 5 heteroatoms. The lowest BCUT2D eigenvalue weighted by Gasteiger charge is -2.09. The second-order valence-corrected chi connectivity index (χ2v) is 6.71. The van der Waals surface area contributed by atoms with Crippen LogP contribution in [0, 0.1) is 0 Å². The van der Waals surface area contributed by atoms with Gasteiger partial charge in [-0.2, -0.15) is 0 Å². The maximum absolute atomic E-state index is 4.37. The Morgan fingerprint density at radius 2 is 2.21 bits per heavy atom. The highest BCUT2D eigenvalue weighted by atomic mass is 32.2. The third-order valence-electron chi connectivity index (χ3n) is 4.17. The van der Waals surface area contributed by atoms with Gasteiger partial charge in [-0.05, 0) is 45.1 Å². The molecule has 2 aliphatic heterocycles. The van der Waals surface area contributed by atoms with E-state index in [2.05, 4.69) is 20.1 Å². The topological polar surface area (TPSA) is 42.7 Å². The number of thioether (sulfide) groups is 1. The van der Waals surface area contributed by atoms with Crippen LogP contribution < -0.4 is 5.32 Å². The van der Waals surface area contributed by atoms with E-state index in [1.807, 2.05) is 11.8 Å². The van der Waals surface area contributed by atoms with E-state index in [4.69, 9.17) is 0 Å². The average molecular weight is 280 g/mol. The molecule has 0 aromatic carbocycles. The molecule has 1 aromatic heterocycles. The van der Waals surface area contributed by atoms with Gasteiger partial charge < -0.3 is 9.88 Å². The summed E-state index contributed by atoms with van der Waals surface area (Å²) in [6, 6.07) is 0.774. The average Bonchev–Trinajstić information content (AvgIpc) is 3.00. The van der Waals surface area contributed by atoms with Crippen LogP contribution in [0.3, 0.4) is 0 Å². The number of hydrogen-bond acceptors (Lipinski definition) is 4. The van der Waals surface area contributed by atoms with Crippen molar-refractivity contribution in [2.45, 2.75) is 69.1 Å². The van der Waals surface area contributed by atoms with E-state index in [0.717, 1.165) is 24.2 Å². The monoisotopic (exact) mass is 280 g/mol. The zero-order chi connectivity index (χ0) is 12.9. The largest absolute Gasteiger partial charge is 0.314 e. The maximum Gasteiger partial charge on any atom is 0.191 e. The number of aromatic nitrogens is 3. The molecule has 0 aliphatic carbocycles. The molecular formula is C14H24N4S. The van der Waals surface area contributed by atoms with Crippen LogP contribution in [-0.4, -0.2) is 33.1 Å². The van der Waals surface area contributed by atoms with Crippen molar-refractivity contribution < 1.29 is 0 Å². The van der Waals surface area contributed by atoms with E-state index < -0.39 is 0 Å². The third kappa shape index (κ3) is 3.51. The summed E-state index contributed by atoms with van der Waals surface area (Å²) in [6.45, 7) is 2.34. The highest BCUT2D eigenvalue weighted by Crippen LogP contribution is 2.23. The Hall–Kier alpha value is -0.550. The highest BCUT2D eigenvalue weighted by Gasteiger charge is 2.16. The molecular weight excluding hydrogens is 256 g/mol. The third-order valence-corrected chi connectivity index (χ3v) is 5.22. The van der Waals surface area contributed by atoms with E-state index in [-0.39, 0.29) is 0 Å². The second kappa shape index (κ2) is 6.75. The number of nitrogens with zero attached hydrogens (tertiary/aromatic N) is 3. The SMILES string of the molecule is C1CCc2nnc(SCCCC3CCCN3)n2CC1. The summed E-state index contributed by atoms with van der Waals surface area (Å²) < 4.78 is 2.35. The molecule has 1 N–H and O–H groups in total. The van der Waals surface area contributed by atoms with Gasteiger partial charge in [0, 0.05) is 24.8 Å². The summed E-state index contributed by atoms with van der Waals surface area (Å²) in [7, 11) is 0. The van der Waals surface area contributed by atoms with Crippen molar-refractivity contribution in [3.05, 3.63) is 5.82 Å². The molecule has 0 bridgehead atoms. The van der Waals surface area contributed by atoms with Crippen LogP contribution in [0.5, 0.6) is 0 Å². The maximum atomic E-state index is 4.37. The molecule has 0 amide bonds. The molecule has 1 saturated heterocycles. The Bertz CT molecular complexity index is 398. The van der Waals surface area contributed by atoms with Crippen LogP contribution in [0.15, 0.2) is 5.16 Å². The van der Waals surface area contributed by atoms with Gasteiger partial charge in [0.25, 0.3) is 0 Å². The van der Waals surface area contributed by atoms with Gasteiger partial charge in [-0.3, -0.25) is 0 Å². The number of rotatable bonds is 5. The standard InChI is InChI=1S/C14H24N4S/c1-2-8-13-16-17-14(18(13)10-3-1)19-11-5-7-12-6-4-9-15-12/h12,15H,1-11H2. The number of hydrogen-bond donors (Lipinski definition) is 1. The fraction of sp³-hybridized carbons (Fsp3) is 0.857. The predicted molar refractivity (Wildman–Crippen MR) is 78.6 cm³/mol. The first-order chi connectivity index (χ1) is 9.43. The molecule has 2 aliphatic rings. The fourth-order valence-electron chi connectivity index (χ4n) is 3.06. The first-order valence-electron chi connectivity index (χ1n) is 7.72. The van der Waals surface area contributed by atoms with E-state index in [1.54, 1.807) is 0 Å². The Labute approximate surface area is 119 Å². The van der Waals surface area contributed by atoms with Crippen LogP contribution in [0.25, 0.3) is 0 Å². The Morgan fingerprint density at radius 3 is 3.11 bits per heavy atom. The fourth-order valence-corrected chi connectivity index (χ4v) is 4.01. The van der Waals surface area contributed by atoms with Gasteiger partial charge in [-0.25, -0.2) is 0 Å².